The zero-order chi connectivity index (χ0) is 17.7. The molecule has 1 atom stereocenters. The van der Waals surface area contributed by atoms with Crippen LogP contribution in [0, 0.1) is 0 Å². The van der Waals surface area contributed by atoms with E-state index in [1.165, 1.54) is 11.8 Å². The lowest BCUT2D eigenvalue weighted by molar-refractivity contribution is 0.0524. The Balaban J connectivity index is 2.01. The molecule has 1 heterocycles. The number of rotatable bonds is 7. The van der Waals surface area contributed by atoms with Crippen LogP contribution < -0.4 is 0 Å². The molecule has 0 saturated carbocycles. The van der Waals surface area contributed by atoms with E-state index in [4.69, 9.17) is 4.74 Å². The van der Waals surface area contributed by atoms with E-state index >= 15 is 0 Å². The zero-order valence-corrected chi connectivity index (χ0v) is 15.8. The van der Waals surface area contributed by atoms with Crippen molar-refractivity contribution >= 4 is 23.0 Å². The standard InChI is InChI=1S/C19H27NO3S/c1-5-23-18(21)17-11-14(9-10-16(17)13(2)3)7-6-8-15-12-24-19(22)20(15)4/h9-11,13,15H,5-8,12H2,1-4H3. The van der Waals surface area contributed by atoms with Gasteiger partial charge in [-0.25, -0.2) is 4.79 Å². The summed E-state index contributed by atoms with van der Waals surface area (Å²) >= 11 is 1.40. The largest absolute Gasteiger partial charge is 0.462 e. The van der Waals surface area contributed by atoms with E-state index in [1.807, 2.05) is 31.0 Å². The second-order valence-electron chi connectivity index (χ2n) is 6.53. The third kappa shape index (κ3) is 4.53. The van der Waals surface area contributed by atoms with Gasteiger partial charge in [-0.2, -0.15) is 0 Å². The number of ether oxygens (including phenoxy) is 1. The molecule has 1 aromatic rings. The monoisotopic (exact) mass is 349 g/mol. The van der Waals surface area contributed by atoms with E-state index in [9.17, 15) is 9.59 Å². The van der Waals surface area contributed by atoms with Gasteiger partial charge in [0.2, 0.25) is 0 Å². The number of esters is 1. The van der Waals surface area contributed by atoms with Crippen LogP contribution in [0.2, 0.25) is 0 Å². The second kappa shape index (κ2) is 8.56. The molecule has 1 saturated heterocycles. The van der Waals surface area contributed by atoms with E-state index in [1.54, 1.807) is 0 Å². The number of carbonyl (C=O) groups is 2. The quantitative estimate of drug-likeness (QED) is 0.681. The molecule has 0 bridgehead atoms. The molecule has 0 aromatic heterocycles. The average Bonchev–Trinajstić information content (AvgIpc) is 2.87. The van der Waals surface area contributed by atoms with Crippen LogP contribution >= 0.6 is 11.8 Å². The maximum Gasteiger partial charge on any atom is 0.338 e. The smallest absolute Gasteiger partial charge is 0.338 e. The van der Waals surface area contributed by atoms with E-state index in [2.05, 4.69) is 19.9 Å². The summed E-state index contributed by atoms with van der Waals surface area (Å²) in [5.41, 5.74) is 2.88. The lowest BCUT2D eigenvalue weighted by atomic mass is 9.93. The van der Waals surface area contributed by atoms with Crippen molar-refractivity contribution in [2.45, 2.75) is 52.0 Å². The number of thioether (sulfide) groups is 1. The first-order chi connectivity index (χ1) is 11.4. The van der Waals surface area contributed by atoms with Gasteiger partial charge in [-0.1, -0.05) is 37.7 Å². The van der Waals surface area contributed by atoms with E-state index in [0.29, 0.717) is 18.2 Å². The van der Waals surface area contributed by atoms with Crippen LogP contribution in [-0.4, -0.2) is 41.6 Å². The normalized spacial score (nSPS) is 17.6. The third-order valence-electron chi connectivity index (χ3n) is 4.47. The van der Waals surface area contributed by atoms with Gasteiger partial charge >= 0.3 is 5.97 Å². The molecule has 0 spiro atoms. The first-order valence-corrected chi connectivity index (χ1v) is 9.62. The fourth-order valence-electron chi connectivity index (χ4n) is 3.00. The maximum absolute atomic E-state index is 12.2. The molecule has 1 fully saturated rings. The Labute approximate surface area is 148 Å². The minimum atomic E-state index is -0.236. The molecule has 24 heavy (non-hydrogen) atoms. The minimum absolute atomic E-state index is 0.172. The van der Waals surface area contributed by atoms with Crippen LogP contribution in [0.25, 0.3) is 0 Å². The van der Waals surface area contributed by atoms with Crippen molar-refractivity contribution < 1.29 is 14.3 Å². The van der Waals surface area contributed by atoms with Crippen LogP contribution in [0.5, 0.6) is 0 Å². The van der Waals surface area contributed by atoms with E-state index < -0.39 is 0 Å². The van der Waals surface area contributed by atoms with Gasteiger partial charge in [-0.3, -0.25) is 4.79 Å². The van der Waals surface area contributed by atoms with Gasteiger partial charge in [0.15, 0.2) is 0 Å². The predicted octanol–water partition coefficient (Wildman–Crippen LogP) is 4.48. The summed E-state index contributed by atoms with van der Waals surface area (Å²) in [4.78, 5) is 25.6. The number of benzene rings is 1. The van der Waals surface area contributed by atoms with Crippen molar-refractivity contribution in [2.24, 2.45) is 0 Å². The van der Waals surface area contributed by atoms with Crippen LogP contribution in [0.3, 0.4) is 0 Å². The Bertz CT molecular complexity index is 600. The summed E-state index contributed by atoms with van der Waals surface area (Å²) in [6, 6.07) is 6.47. The summed E-state index contributed by atoms with van der Waals surface area (Å²) in [5, 5.41) is 0.172. The van der Waals surface area contributed by atoms with Gasteiger partial charge in [-0.15, -0.1) is 0 Å². The number of carbonyl (C=O) groups excluding carboxylic acids is 2. The van der Waals surface area contributed by atoms with Gasteiger partial charge in [0.05, 0.1) is 12.2 Å². The van der Waals surface area contributed by atoms with E-state index in [0.717, 1.165) is 36.1 Å². The molecular formula is C19H27NO3S. The molecule has 5 heteroatoms. The first-order valence-electron chi connectivity index (χ1n) is 8.63. The molecule has 1 aliphatic heterocycles. The predicted molar refractivity (Wildman–Crippen MR) is 98.8 cm³/mol. The summed E-state index contributed by atoms with van der Waals surface area (Å²) in [5.74, 6) is 0.935. The SMILES string of the molecule is CCOC(=O)c1cc(CCCC2CSC(=O)N2C)ccc1C(C)C. The molecule has 0 N–H and O–H groups in total. The Morgan fingerprint density at radius 2 is 2.17 bits per heavy atom. The molecule has 0 radical (unpaired) electrons. The zero-order valence-electron chi connectivity index (χ0n) is 15.0. The lowest BCUT2D eigenvalue weighted by Gasteiger charge is -2.18. The highest BCUT2D eigenvalue weighted by atomic mass is 32.2. The molecule has 1 unspecified atom stereocenters. The number of aryl methyl sites for hydroxylation is 1. The van der Waals surface area contributed by atoms with E-state index in [-0.39, 0.29) is 17.1 Å². The highest BCUT2D eigenvalue weighted by Crippen LogP contribution is 2.26. The number of hydrogen-bond donors (Lipinski definition) is 0. The average molecular weight is 349 g/mol. The van der Waals surface area contributed by atoms with Crippen LogP contribution in [0.4, 0.5) is 4.79 Å². The lowest BCUT2D eigenvalue weighted by Crippen LogP contribution is -2.29. The van der Waals surface area contributed by atoms with Crippen molar-refractivity contribution in [3.05, 3.63) is 34.9 Å². The molecule has 132 valence electrons. The van der Waals surface area contributed by atoms with Crippen LogP contribution in [0.15, 0.2) is 18.2 Å². The third-order valence-corrected chi connectivity index (χ3v) is 5.56. The molecule has 4 nitrogen and oxygen atoms in total. The molecule has 1 amide bonds. The highest BCUT2D eigenvalue weighted by molar-refractivity contribution is 8.13. The Morgan fingerprint density at radius 3 is 2.75 bits per heavy atom. The second-order valence-corrected chi connectivity index (χ2v) is 7.50. The topological polar surface area (TPSA) is 46.6 Å². The first kappa shape index (κ1) is 18.8. The molecule has 2 rings (SSSR count). The van der Waals surface area contributed by atoms with Crippen molar-refractivity contribution in [3.8, 4) is 0 Å². The summed E-state index contributed by atoms with van der Waals surface area (Å²) < 4.78 is 5.20. The van der Waals surface area contributed by atoms with Crippen LogP contribution in [0.1, 0.15) is 61.0 Å². The van der Waals surface area contributed by atoms with Gasteiger partial charge in [-0.05, 0) is 49.3 Å². The summed E-state index contributed by atoms with van der Waals surface area (Å²) in [7, 11) is 1.88. The maximum atomic E-state index is 12.2. The fraction of sp³-hybridized carbons (Fsp3) is 0.579. The Morgan fingerprint density at radius 1 is 1.42 bits per heavy atom. The Hall–Kier alpha value is -1.49. The van der Waals surface area contributed by atoms with Crippen molar-refractivity contribution in [1.29, 1.82) is 0 Å². The molecular weight excluding hydrogens is 322 g/mol. The number of nitrogens with zero attached hydrogens (tertiary/aromatic N) is 1. The Kier molecular flexibility index (Phi) is 6.72. The van der Waals surface area contributed by atoms with Gasteiger partial charge in [0.1, 0.15) is 0 Å². The summed E-state index contributed by atoms with van der Waals surface area (Å²) in [6.07, 6.45) is 2.91. The fourth-order valence-corrected chi connectivity index (χ4v) is 4.07. The number of hydrogen-bond acceptors (Lipinski definition) is 4. The molecule has 1 aromatic carbocycles. The van der Waals surface area contributed by atoms with Crippen molar-refractivity contribution in [1.82, 2.24) is 4.90 Å². The highest BCUT2D eigenvalue weighted by Gasteiger charge is 2.27. The van der Waals surface area contributed by atoms with Gasteiger partial charge < -0.3 is 9.64 Å². The van der Waals surface area contributed by atoms with Gasteiger partial charge in [0, 0.05) is 18.8 Å². The number of amides is 1. The van der Waals surface area contributed by atoms with Gasteiger partial charge in [0.25, 0.3) is 5.24 Å². The molecule has 1 aliphatic rings. The van der Waals surface area contributed by atoms with Crippen molar-refractivity contribution in [3.63, 3.8) is 0 Å². The minimum Gasteiger partial charge on any atom is -0.462 e. The summed E-state index contributed by atoms with van der Waals surface area (Å²) in [6.45, 7) is 6.39. The van der Waals surface area contributed by atoms with Crippen molar-refractivity contribution in [2.75, 3.05) is 19.4 Å². The molecule has 0 aliphatic carbocycles. The van der Waals surface area contributed by atoms with Crippen LogP contribution in [-0.2, 0) is 11.2 Å².